The van der Waals surface area contributed by atoms with E-state index in [1.54, 1.807) is 0 Å². The first kappa shape index (κ1) is 16.7. The van der Waals surface area contributed by atoms with Crippen LogP contribution < -0.4 is 5.32 Å². The molecule has 0 aliphatic rings. The molecule has 0 saturated heterocycles. The number of rotatable bonds is 10. The molecule has 3 heteroatoms. The van der Waals surface area contributed by atoms with Gasteiger partial charge in [-0.05, 0) is 30.7 Å². The summed E-state index contributed by atoms with van der Waals surface area (Å²) in [7, 11) is 1.40. The van der Waals surface area contributed by atoms with E-state index in [0.29, 0.717) is 5.56 Å². The number of nitrogens with one attached hydrogen (secondary N) is 1. The second kappa shape index (κ2) is 10.4. The molecule has 0 fully saturated rings. The number of hydrogen-bond acceptors (Lipinski definition) is 3. The van der Waals surface area contributed by atoms with Crippen LogP contribution in [0, 0.1) is 0 Å². The molecule has 0 aliphatic heterocycles. The molecule has 112 valence electrons. The van der Waals surface area contributed by atoms with Gasteiger partial charge in [-0.1, -0.05) is 51.2 Å². The van der Waals surface area contributed by atoms with Gasteiger partial charge >= 0.3 is 5.97 Å². The van der Waals surface area contributed by atoms with Crippen molar-refractivity contribution in [2.45, 2.75) is 52.0 Å². The van der Waals surface area contributed by atoms with Crippen LogP contribution in [0.3, 0.4) is 0 Å². The zero-order chi connectivity index (χ0) is 14.6. The smallest absolute Gasteiger partial charge is 0.337 e. The molecule has 0 bridgehead atoms. The predicted octanol–water partition coefficient (Wildman–Crippen LogP) is 3.92. The van der Waals surface area contributed by atoms with Crippen molar-refractivity contribution in [3.63, 3.8) is 0 Å². The molecule has 0 heterocycles. The van der Waals surface area contributed by atoms with Crippen molar-refractivity contribution < 1.29 is 9.53 Å². The van der Waals surface area contributed by atoms with E-state index in [1.165, 1.54) is 51.2 Å². The molecule has 0 atom stereocenters. The van der Waals surface area contributed by atoms with Crippen molar-refractivity contribution in [3.8, 4) is 0 Å². The Balaban J connectivity index is 2.11. The lowest BCUT2D eigenvalue weighted by Crippen LogP contribution is -2.14. The lowest BCUT2D eigenvalue weighted by Gasteiger charge is -2.06. The van der Waals surface area contributed by atoms with Gasteiger partial charge in [-0.2, -0.15) is 0 Å². The van der Waals surface area contributed by atoms with E-state index in [2.05, 4.69) is 17.0 Å². The maximum atomic E-state index is 11.3. The summed E-state index contributed by atoms with van der Waals surface area (Å²) in [6.07, 6.45) is 7.94. The van der Waals surface area contributed by atoms with E-state index in [4.69, 9.17) is 0 Å². The van der Waals surface area contributed by atoms with Gasteiger partial charge in [-0.3, -0.25) is 0 Å². The molecule has 0 radical (unpaired) electrons. The van der Waals surface area contributed by atoms with Gasteiger partial charge in [-0.15, -0.1) is 0 Å². The molecular formula is C17H27NO2. The highest BCUT2D eigenvalue weighted by Crippen LogP contribution is 2.06. The van der Waals surface area contributed by atoms with Crippen LogP contribution in [0.5, 0.6) is 0 Å². The standard InChI is InChI=1S/C17H27NO2/c1-3-4-5-6-7-8-13-18-14-15-9-11-16(12-10-15)17(19)20-2/h9-12,18H,3-8,13-14H2,1-2H3. The maximum Gasteiger partial charge on any atom is 0.337 e. The van der Waals surface area contributed by atoms with Gasteiger partial charge < -0.3 is 10.1 Å². The molecule has 20 heavy (non-hydrogen) atoms. The first-order valence-corrected chi connectivity index (χ1v) is 7.66. The topological polar surface area (TPSA) is 38.3 Å². The van der Waals surface area contributed by atoms with E-state index in [1.807, 2.05) is 24.3 Å². The Morgan fingerprint density at radius 1 is 1.05 bits per heavy atom. The third-order valence-corrected chi connectivity index (χ3v) is 3.41. The molecule has 0 aromatic heterocycles. The van der Waals surface area contributed by atoms with Crippen molar-refractivity contribution in [3.05, 3.63) is 35.4 Å². The minimum Gasteiger partial charge on any atom is -0.465 e. The lowest BCUT2D eigenvalue weighted by molar-refractivity contribution is 0.0600. The first-order chi connectivity index (χ1) is 9.77. The van der Waals surface area contributed by atoms with Crippen LogP contribution in [0.25, 0.3) is 0 Å². The summed E-state index contributed by atoms with van der Waals surface area (Å²) in [6, 6.07) is 7.57. The Kier molecular flexibility index (Phi) is 8.72. The fourth-order valence-electron chi connectivity index (χ4n) is 2.14. The molecule has 1 rings (SSSR count). The van der Waals surface area contributed by atoms with Crippen LogP contribution in [0.4, 0.5) is 0 Å². The maximum absolute atomic E-state index is 11.3. The highest BCUT2D eigenvalue weighted by atomic mass is 16.5. The summed E-state index contributed by atoms with van der Waals surface area (Å²) in [5.41, 5.74) is 1.80. The average Bonchev–Trinajstić information content (AvgIpc) is 2.50. The quantitative estimate of drug-likeness (QED) is 0.520. The molecule has 1 N–H and O–H groups in total. The van der Waals surface area contributed by atoms with Gasteiger partial charge in [-0.25, -0.2) is 4.79 Å². The minimum absolute atomic E-state index is 0.281. The summed E-state index contributed by atoms with van der Waals surface area (Å²) in [6.45, 7) is 4.16. The van der Waals surface area contributed by atoms with Crippen LogP contribution in [0.1, 0.15) is 61.4 Å². The van der Waals surface area contributed by atoms with Gasteiger partial charge in [0.1, 0.15) is 0 Å². The Bertz CT molecular complexity index is 373. The summed E-state index contributed by atoms with van der Waals surface area (Å²) in [4.78, 5) is 11.3. The molecule has 0 amide bonds. The highest BCUT2D eigenvalue weighted by molar-refractivity contribution is 5.89. The molecular weight excluding hydrogens is 250 g/mol. The van der Waals surface area contributed by atoms with Crippen LogP contribution in [-0.2, 0) is 11.3 Å². The number of esters is 1. The summed E-state index contributed by atoms with van der Waals surface area (Å²) in [5, 5.41) is 3.44. The Morgan fingerprint density at radius 3 is 2.35 bits per heavy atom. The minimum atomic E-state index is -0.281. The zero-order valence-corrected chi connectivity index (χ0v) is 12.8. The SMILES string of the molecule is CCCCCCCCNCc1ccc(C(=O)OC)cc1. The van der Waals surface area contributed by atoms with Crippen LogP contribution in [0.15, 0.2) is 24.3 Å². The highest BCUT2D eigenvalue weighted by Gasteiger charge is 2.03. The summed E-state index contributed by atoms with van der Waals surface area (Å²) in [5.74, 6) is -0.281. The monoisotopic (exact) mass is 277 g/mol. The third-order valence-electron chi connectivity index (χ3n) is 3.41. The summed E-state index contributed by atoms with van der Waals surface area (Å²) >= 11 is 0. The molecule has 1 aromatic rings. The average molecular weight is 277 g/mol. The van der Waals surface area contributed by atoms with Gasteiger partial charge in [0.2, 0.25) is 0 Å². The van der Waals surface area contributed by atoms with Gasteiger partial charge in [0, 0.05) is 6.54 Å². The van der Waals surface area contributed by atoms with Crippen LogP contribution in [-0.4, -0.2) is 19.6 Å². The fourth-order valence-corrected chi connectivity index (χ4v) is 2.14. The second-order valence-electron chi connectivity index (χ2n) is 5.13. The summed E-state index contributed by atoms with van der Waals surface area (Å²) < 4.78 is 4.67. The molecule has 0 saturated carbocycles. The second-order valence-corrected chi connectivity index (χ2v) is 5.13. The number of methoxy groups -OCH3 is 1. The lowest BCUT2D eigenvalue weighted by atomic mass is 10.1. The Morgan fingerprint density at radius 2 is 1.70 bits per heavy atom. The van der Waals surface area contributed by atoms with Gasteiger partial charge in [0.15, 0.2) is 0 Å². The van der Waals surface area contributed by atoms with E-state index >= 15 is 0 Å². The molecule has 3 nitrogen and oxygen atoms in total. The van der Waals surface area contributed by atoms with Gasteiger partial charge in [0.05, 0.1) is 12.7 Å². The number of unbranched alkanes of at least 4 members (excludes halogenated alkanes) is 5. The largest absolute Gasteiger partial charge is 0.465 e. The normalized spacial score (nSPS) is 10.5. The van der Waals surface area contributed by atoms with E-state index < -0.39 is 0 Å². The van der Waals surface area contributed by atoms with Crippen molar-refractivity contribution in [2.24, 2.45) is 0 Å². The Labute approximate surface area is 122 Å². The molecule has 0 spiro atoms. The number of carbonyl (C=O) groups excluding carboxylic acids is 1. The van der Waals surface area contributed by atoms with E-state index in [9.17, 15) is 4.79 Å². The van der Waals surface area contributed by atoms with Crippen molar-refractivity contribution >= 4 is 5.97 Å². The number of benzene rings is 1. The molecule has 1 aromatic carbocycles. The van der Waals surface area contributed by atoms with E-state index in [-0.39, 0.29) is 5.97 Å². The number of ether oxygens (including phenoxy) is 1. The number of carbonyl (C=O) groups is 1. The first-order valence-electron chi connectivity index (χ1n) is 7.66. The van der Waals surface area contributed by atoms with Gasteiger partial charge in [0.25, 0.3) is 0 Å². The predicted molar refractivity (Wildman–Crippen MR) is 82.9 cm³/mol. The van der Waals surface area contributed by atoms with Crippen molar-refractivity contribution in [1.82, 2.24) is 5.32 Å². The molecule has 0 unspecified atom stereocenters. The van der Waals surface area contributed by atoms with Crippen molar-refractivity contribution in [1.29, 1.82) is 0 Å². The fraction of sp³-hybridized carbons (Fsp3) is 0.588. The van der Waals surface area contributed by atoms with E-state index in [0.717, 1.165) is 13.1 Å². The van der Waals surface area contributed by atoms with Crippen LogP contribution >= 0.6 is 0 Å². The number of hydrogen-bond donors (Lipinski definition) is 1. The zero-order valence-electron chi connectivity index (χ0n) is 12.8. The Hall–Kier alpha value is -1.35. The third kappa shape index (κ3) is 6.71. The molecule has 0 aliphatic carbocycles. The van der Waals surface area contributed by atoms with Crippen LogP contribution in [0.2, 0.25) is 0 Å². The van der Waals surface area contributed by atoms with Crippen molar-refractivity contribution in [2.75, 3.05) is 13.7 Å².